The van der Waals surface area contributed by atoms with E-state index in [9.17, 15) is 5.11 Å². The Morgan fingerprint density at radius 3 is 3.17 bits per heavy atom. The molecule has 100 valence electrons. The fraction of sp³-hybridized carbons (Fsp3) is 0.700. The zero-order chi connectivity index (χ0) is 12.7. The summed E-state index contributed by atoms with van der Waals surface area (Å²) < 4.78 is 5.62. The molecule has 0 spiro atoms. The molecular weight excluding hydrogens is 238 g/mol. The van der Waals surface area contributed by atoms with Gasteiger partial charge in [-0.1, -0.05) is 0 Å². The summed E-state index contributed by atoms with van der Waals surface area (Å²) in [6.07, 6.45) is 0.173. The topological polar surface area (TPSA) is 115 Å². The molecule has 1 saturated heterocycles. The van der Waals surface area contributed by atoms with Crippen molar-refractivity contribution in [2.75, 3.05) is 13.3 Å². The summed E-state index contributed by atoms with van der Waals surface area (Å²) in [4.78, 5) is 5.99. The van der Waals surface area contributed by atoms with Gasteiger partial charge in [-0.25, -0.2) is 0 Å². The van der Waals surface area contributed by atoms with Crippen molar-refractivity contribution >= 4 is 6.34 Å². The van der Waals surface area contributed by atoms with Gasteiger partial charge < -0.3 is 36.2 Å². The van der Waals surface area contributed by atoms with Crippen LogP contribution >= 0.6 is 0 Å². The van der Waals surface area contributed by atoms with Crippen LogP contribution in [0.25, 0.3) is 0 Å². The van der Waals surface area contributed by atoms with E-state index in [1.165, 1.54) is 0 Å². The average molecular weight is 255 g/mol. The van der Waals surface area contributed by atoms with E-state index in [1.807, 2.05) is 4.90 Å². The Bertz CT molecular complexity index is 399. The number of nitrogens with one attached hydrogen (secondary N) is 2. The van der Waals surface area contributed by atoms with Crippen molar-refractivity contribution in [3.8, 4) is 0 Å². The van der Waals surface area contributed by atoms with Gasteiger partial charge >= 0.3 is 0 Å². The summed E-state index contributed by atoms with van der Waals surface area (Å²) >= 11 is 0. The second kappa shape index (κ2) is 4.39. The summed E-state index contributed by atoms with van der Waals surface area (Å²) in [7, 11) is 0. The van der Waals surface area contributed by atoms with Gasteiger partial charge in [0.05, 0.1) is 31.4 Å². The van der Waals surface area contributed by atoms with E-state index in [-0.39, 0.29) is 12.8 Å². The number of aliphatic hydroxyl groups is 2. The lowest BCUT2D eigenvalue weighted by molar-refractivity contribution is -0.0670. The number of rotatable bonds is 2. The number of hydrogen-bond donors (Lipinski definition) is 5. The molecule has 0 aromatic heterocycles. The van der Waals surface area contributed by atoms with Gasteiger partial charge in [0.2, 0.25) is 0 Å². The van der Waals surface area contributed by atoms with Crippen LogP contribution in [0.1, 0.15) is 6.42 Å². The van der Waals surface area contributed by atoms with Crippen molar-refractivity contribution in [3.05, 3.63) is 11.5 Å². The van der Waals surface area contributed by atoms with Gasteiger partial charge in [-0.05, 0) is 0 Å². The molecule has 6 N–H and O–H groups in total. The molecule has 3 unspecified atom stereocenters. The normalized spacial score (nSPS) is 38.7. The maximum atomic E-state index is 9.75. The fourth-order valence-corrected chi connectivity index (χ4v) is 2.46. The maximum absolute atomic E-state index is 9.75. The zero-order valence-corrected chi connectivity index (χ0v) is 9.78. The van der Waals surface area contributed by atoms with Crippen LogP contribution in [0.4, 0.5) is 0 Å². The van der Waals surface area contributed by atoms with Gasteiger partial charge in [-0.2, -0.15) is 0 Å². The van der Waals surface area contributed by atoms with E-state index in [2.05, 4.69) is 15.6 Å². The number of nitrogens with two attached hydrogens (primary N) is 1. The maximum Gasteiger partial charge on any atom is 0.143 e. The first-order chi connectivity index (χ1) is 8.70. The van der Waals surface area contributed by atoms with Crippen molar-refractivity contribution in [1.82, 2.24) is 15.5 Å². The predicted molar refractivity (Wildman–Crippen MR) is 62.8 cm³/mol. The van der Waals surface area contributed by atoms with Gasteiger partial charge in [0.15, 0.2) is 0 Å². The van der Waals surface area contributed by atoms with Crippen LogP contribution in [0.15, 0.2) is 16.5 Å². The summed E-state index contributed by atoms with van der Waals surface area (Å²) in [6.45, 7) is 0.365. The van der Waals surface area contributed by atoms with Crippen molar-refractivity contribution < 1.29 is 14.9 Å². The fourth-order valence-electron chi connectivity index (χ4n) is 2.46. The Kier molecular flexibility index (Phi) is 2.86. The molecule has 8 nitrogen and oxygen atoms in total. The van der Waals surface area contributed by atoms with Crippen molar-refractivity contribution in [1.29, 1.82) is 0 Å². The molecule has 0 aromatic carbocycles. The third-order valence-electron chi connectivity index (χ3n) is 3.45. The van der Waals surface area contributed by atoms with Crippen LogP contribution in [-0.4, -0.2) is 59.3 Å². The molecule has 0 saturated carbocycles. The Hall–Kier alpha value is -1.35. The Morgan fingerprint density at radius 2 is 2.44 bits per heavy atom. The first-order valence-corrected chi connectivity index (χ1v) is 5.93. The van der Waals surface area contributed by atoms with E-state index in [4.69, 9.17) is 15.6 Å². The smallest absolute Gasteiger partial charge is 0.143 e. The van der Waals surface area contributed by atoms with Gasteiger partial charge in [0.25, 0.3) is 0 Å². The molecule has 3 aliphatic heterocycles. The van der Waals surface area contributed by atoms with Gasteiger partial charge in [-0.15, -0.1) is 0 Å². The Labute approximate surface area is 104 Å². The average Bonchev–Trinajstić information content (AvgIpc) is 2.93. The minimum absolute atomic E-state index is 0.181. The molecule has 1 fully saturated rings. The Balaban J connectivity index is 1.75. The molecule has 0 amide bonds. The molecule has 8 heteroatoms. The molecule has 3 aliphatic rings. The van der Waals surface area contributed by atoms with E-state index >= 15 is 0 Å². The molecule has 0 aliphatic carbocycles. The van der Waals surface area contributed by atoms with Crippen LogP contribution in [-0.2, 0) is 4.74 Å². The predicted octanol–water partition coefficient (Wildman–Crippen LogP) is -2.60. The lowest BCUT2D eigenvalue weighted by atomic mass is 10.2. The Morgan fingerprint density at radius 1 is 1.61 bits per heavy atom. The SMILES string of the molecule is NC1N=CNC2=C1NCN2C1CC(O)[C@@H](CO)O1. The number of ether oxygens (including phenoxy) is 1. The lowest BCUT2D eigenvalue weighted by Crippen LogP contribution is -2.40. The lowest BCUT2D eigenvalue weighted by Gasteiger charge is -2.28. The van der Waals surface area contributed by atoms with E-state index in [1.54, 1.807) is 6.34 Å². The first-order valence-electron chi connectivity index (χ1n) is 5.93. The van der Waals surface area contributed by atoms with E-state index in [0.29, 0.717) is 13.1 Å². The van der Waals surface area contributed by atoms with E-state index < -0.39 is 18.4 Å². The number of nitrogens with zero attached hydrogens (tertiary/aromatic N) is 2. The second-order valence-corrected chi connectivity index (χ2v) is 4.55. The monoisotopic (exact) mass is 255 g/mol. The minimum Gasteiger partial charge on any atom is -0.394 e. The molecule has 0 bridgehead atoms. The van der Waals surface area contributed by atoms with E-state index in [0.717, 1.165) is 11.5 Å². The van der Waals surface area contributed by atoms with Crippen LogP contribution in [0.5, 0.6) is 0 Å². The summed E-state index contributed by atoms with van der Waals surface area (Å²) in [5.74, 6) is 0.827. The van der Waals surface area contributed by atoms with Gasteiger partial charge in [-0.3, -0.25) is 4.99 Å². The van der Waals surface area contributed by atoms with Crippen molar-refractivity contribution in [2.45, 2.75) is 31.0 Å². The highest BCUT2D eigenvalue weighted by Gasteiger charge is 2.40. The summed E-state index contributed by atoms with van der Waals surface area (Å²) in [6, 6.07) is 0. The standard InChI is InChI=1S/C10H17N5O3/c11-9-8-10(13-3-12-9)15(4-14-8)7-1-5(17)6(2-16)18-7/h3,5-7,9,14,16-17H,1-2,4,11H2,(H,12,13)/t5?,6-,7?,9?/m1/s1. The van der Waals surface area contributed by atoms with Gasteiger partial charge in [0, 0.05) is 6.42 Å². The quantitative estimate of drug-likeness (QED) is 0.367. The van der Waals surface area contributed by atoms with Crippen LogP contribution in [0.2, 0.25) is 0 Å². The van der Waals surface area contributed by atoms with Crippen LogP contribution in [0.3, 0.4) is 0 Å². The summed E-state index contributed by atoms with van der Waals surface area (Å²) in [5.41, 5.74) is 6.67. The second-order valence-electron chi connectivity index (χ2n) is 4.55. The molecule has 0 radical (unpaired) electrons. The summed E-state index contributed by atoms with van der Waals surface area (Å²) in [5, 5.41) is 25.0. The highest BCUT2D eigenvalue weighted by Crippen LogP contribution is 2.28. The third kappa shape index (κ3) is 1.74. The largest absolute Gasteiger partial charge is 0.394 e. The zero-order valence-electron chi connectivity index (χ0n) is 9.78. The van der Waals surface area contributed by atoms with Crippen molar-refractivity contribution in [3.63, 3.8) is 0 Å². The molecule has 18 heavy (non-hydrogen) atoms. The third-order valence-corrected chi connectivity index (χ3v) is 3.45. The highest BCUT2D eigenvalue weighted by molar-refractivity contribution is 5.61. The van der Waals surface area contributed by atoms with Gasteiger partial charge in [0.1, 0.15) is 24.3 Å². The molecule has 3 heterocycles. The molecular formula is C10H17N5O3. The molecule has 3 rings (SSSR count). The van der Waals surface area contributed by atoms with Crippen molar-refractivity contribution in [2.24, 2.45) is 10.7 Å². The number of aliphatic imine (C=N–C) groups is 1. The molecule has 4 atom stereocenters. The van der Waals surface area contributed by atoms with Crippen LogP contribution in [0, 0.1) is 0 Å². The highest BCUT2D eigenvalue weighted by atomic mass is 16.5. The van der Waals surface area contributed by atoms with Crippen LogP contribution < -0.4 is 16.4 Å². The number of hydrogen-bond acceptors (Lipinski definition) is 8. The minimum atomic E-state index is -0.643. The first kappa shape index (κ1) is 11.7. The molecule has 0 aromatic rings. The number of aliphatic hydroxyl groups excluding tert-OH is 2.